The average Bonchev–Trinajstić information content (AvgIpc) is 2.48. The van der Waals surface area contributed by atoms with Gasteiger partial charge in [-0.1, -0.05) is 44.2 Å². The molecular formula is C16H22N4. The van der Waals surface area contributed by atoms with Gasteiger partial charge in [-0.3, -0.25) is 0 Å². The Morgan fingerprint density at radius 2 is 1.95 bits per heavy atom. The zero-order valence-electron chi connectivity index (χ0n) is 12.1. The molecule has 106 valence electrons. The molecule has 0 aliphatic carbocycles. The van der Waals surface area contributed by atoms with Crippen LogP contribution in [-0.2, 0) is 6.42 Å². The van der Waals surface area contributed by atoms with E-state index in [9.17, 15) is 0 Å². The number of nitrogens with two attached hydrogens (primary N) is 1. The molecule has 20 heavy (non-hydrogen) atoms. The van der Waals surface area contributed by atoms with Gasteiger partial charge < -0.3 is 11.1 Å². The van der Waals surface area contributed by atoms with Gasteiger partial charge in [0.15, 0.2) is 0 Å². The molecule has 1 unspecified atom stereocenters. The highest BCUT2D eigenvalue weighted by Gasteiger charge is 2.08. The first-order chi connectivity index (χ1) is 9.72. The zero-order valence-corrected chi connectivity index (χ0v) is 12.1. The summed E-state index contributed by atoms with van der Waals surface area (Å²) in [5.41, 5.74) is 8.23. The molecule has 1 atom stereocenters. The fourth-order valence-electron chi connectivity index (χ4n) is 2.28. The second-order valence-corrected chi connectivity index (χ2v) is 4.97. The number of aromatic nitrogens is 2. The third-order valence-corrected chi connectivity index (χ3v) is 3.57. The van der Waals surface area contributed by atoms with Crippen molar-refractivity contribution < 1.29 is 0 Å². The SMILES string of the molecule is CCc1c(N)ncnc1NCCC(C)c1ccccc1. The summed E-state index contributed by atoms with van der Waals surface area (Å²) < 4.78 is 0. The highest BCUT2D eigenvalue weighted by molar-refractivity contribution is 5.54. The first kappa shape index (κ1) is 14.3. The van der Waals surface area contributed by atoms with E-state index in [2.05, 4.69) is 53.4 Å². The van der Waals surface area contributed by atoms with Crippen molar-refractivity contribution >= 4 is 11.6 Å². The highest BCUT2D eigenvalue weighted by atomic mass is 15.0. The molecule has 0 bridgehead atoms. The first-order valence-electron chi connectivity index (χ1n) is 7.10. The van der Waals surface area contributed by atoms with Gasteiger partial charge in [0, 0.05) is 12.1 Å². The predicted octanol–water partition coefficient (Wildman–Crippen LogP) is 3.23. The maximum absolute atomic E-state index is 5.86. The minimum absolute atomic E-state index is 0.521. The molecule has 4 heteroatoms. The Balaban J connectivity index is 1.92. The van der Waals surface area contributed by atoms with Crippen molar-refractivity contribution in [2.75, 3.05) is 17.6 Å². The summed E-state index contributed by atoms with van der Waals surface area (Å²) in [6.07, 6.45) is 3.40. The molecule has 0 aliphatic rings. The zero-order chi connectivity index (χ0) is 14.4. The van der Waals surface area contributed by atoms with Crippen LogP contribution in [0.3, 0.4) is 0 Å². The van der Waals surface area contributed by atoms with Crippen LogP contribution in [0.25, 0.3) is 0 Å². The third-order valence-electron chi connectivity index (χ3n) is 3.57. The molecule has 0 radical (unpaired) electrons. The number of nitrogens with zero attached hydrogens (tertiary/aromatic N) is 2. The summed E-state index contributed by atoms with van der Waals surface area (Å²) in [6, 6.07) is 10.6. The summed E-state index contributed by atoms with van der Waals surface area (Å²) in [5.74, 6) is 1.95. The average molecular weight is 270 g/mol. The molecule has 1 aromatic heterocycles. The summed E-state index contributed by atoms with van der Waals surface area (Å²) >= 11 is 0. The highest BCUT2D eigenvalue weighted by Crippen LogP contribution is 2.20. The molecule has 0 spiro atoms. The number of anilines is 2. The molecule has 0 saturated heterocycles. The predicted molar refractivity (Wildman–Crippen MR) is 83.8 cm³/mol. The Labute approximate surface area is 120 Å². The van der Waals surface area contributed by atoms with Crippen molar-refractivity contribution in [2.45, 2.75) is 32.6 Å². The van der Waals surface area contributed by atoms with Crippen LogP contribution in [0.2, 0.25) is 0 Å². The maximum atomic E-state index is 5.86. The van der Waals surface area contributed by atoms with E-state index in [0.29, 0.717) is 11.7 Å². The fraction of sp³-hybridized carbons (Fsp3) is 0.375. The van der Waals surface area contributed by atoms with Crippen molar-refractivity contribution in [1.82, 2.24) is 9.97 Å². The van der Waals surface area contributed by atoms with Crippen LogP contribution in [0.15, 0.2) is 36.7 Å². The molecule has 0 aliphatic heterocycles. The van der Waals surface area contributed by atoms with Crippen LogP contribution in [0, 0.1) is 0 Å². The Morgan fingerprint density at radius 1 is 1.20 bits per heavy atom. The fourth-order valence-corrected chi connectivity index (χ4v) is 2.28. The smallest absolute Gasteiger partial charge is 0.134 e. The largest absolute Gasteiger partial charge is 0.383 e. The number of nitrogens with one attached hydrogen (secondary N) is 1. The Kier molecular flexibility index (Phi) is 4.93. The van der Waals surface area contributed by atoms with Gasteiger partial charge in [-0.25, -0.2) is 9.97 Å². The van der Waals surface area contributed by atoms with Crippen LogP contribution in [0.5, 0.6) is 0 Å². The minimum Gasteiger partial charge on any atom is -0.383 e. The second-order valence-electron chi connectivity index (χ2n) is 4.97. The summed E-state index contributed by atoms with van der Waals surface area (Å²) in [7, 11) is 0. The lowest BCUT2D eigenvalue weighted by Gasteiger charge is -2.14. The van der Waals surface area contributed by atoms with Crippen molar-refractivity contribution in [3.8, 4) is 0 Å². The van der Waals surface area contributed by atoms with Gasteiger partial charge in [0.2, 0.25) is 0 Å². The summed E-state index contributed by atoms with van der Waals surface area (Å²) in [6.45, 7) is 5.18. The normalized spacial score (nSPS) is 12.1. The van der Waals surface area contributed by atoms with Crippen molar-refractivity contribution in [3.05, 3.63) is 47.8 Å². The summed E-state index contributed by atoms with van der Waals surface area (Å²) in [5, 5.41) is 3.37. The number of rotatable bonds is 6. The van der Waals surface area contributed by atoms with Gasteiger partial charge in [0.05, 0.1) is 0 Å². The number of benzene rings is 1. The van der Waals surface area contributed by atoms with E-state index in [1.54, 1.807) is 0 Å². The van der Waals surface area contributed by atoms with Gasteiger partial charge in [-0.05, 0) is 24.3 Å². The van der Waals surface area contributed by atoms with E-state index < -0.39 is 0 Å². The lowest BCUT2D eigenvalue weighted by Crippen LogP contribution is -2.11. The van der Waals surface area contributed by atoms with Gasteiger partial charge in [-0.15, -0.1) is 0 Å². The number of hydrogen-bond acceptors (Lipinski definition) is 4. The second kappa shape index (κ2) is 6.89. The molecular weight excluding hydrogens is 248 g/mol. The molecule has 3 N–H and O–H groups in total. The molecule has 1 heterocycles. The lowest BCUT2D eigenvalue weighted by molar-refractivity contribution is 0.704. The number of nitrogen functional groups attached to an aromatic ring is 1. The first-order valence-corrected chi connectivity index (χ1v) is 7.10. The maximum Gasteiger partial charge on any atom is 0.134 e. The van der Waals surface area contributed by atoms with E-state index in [-0.39, 0.29) is 0 Å². The van der Waals surface area contributed by atoms with E-state index in [1.807, 2.05) is 6.07 Å². The molecule has 1 aromatic carbocycles. The van der Waals surface area contributed by atoms with E-state index >= 15 is 0 Å². The van der Waals surface area contributed by atoms with Crippen molar-refractivity contribution in [3.63, 3.8) is 0 Å². The van der Waals surface area contributed by atoms with Crippen LogP contribution < -0.4 is 11.1 Å². The Morgan fingerprint density at radius 3 is 2.65 bits per heavy atom. The standard InChI is InChI=1S/C16H22N4/c1-3-14-15(17)19-11-20-16(14)18-10-9-12(2)13-7-5-4-6-8-13/h4-8,11-12H,3,9-10H2,1-2H3,(H3,17,18,19,20). The molecule has 0 amide bonds. The van der Waals surface area contributed by atoms with E-state index in [4.69, 9.17) is 5.73 Å². The monoisotopic (exact) mass is 270 g/mol. The van der Waals surface area contributed by atoms with Crippen LogP contribution in [0.4, 0.5) is 11.6 Å². The topological polar surface area (TPSA) is 63.8 Å². The third kappa shape index (κ3) is 3.47. The van der Waals surface area contributed by atoms with Crippen molar-refractivity contribution in [2.24, 2.45) is 0 Å². The number of hydrogen-bond donors (Lipinski definition) is 2. The molecule has 2 rings (SSSR count). The van der Waals surface area contributed by atoms with Gasteiger partial charge in [0.1, 0.15) is 18.0 Å². The van der Waals surface area contributed by atoms with Crippen LogP contribution in [-0.4, -0.2) is 16.5 Å². The molecule has 4 nitrogen and oxygen atoms in total. The summed E-state index contributed by atoms with van der Waals surface area (Å²) in [4.78, 5) is 8.31. The molecule has 0 saturated carbocycles. The van der Waals surface area contributed by atoms with Gasteiger partial charge in [-0.2, -0.15) is 0 Å². The van der Waals surface area contributed by atoms with Crippen molar-refractivity contribution in [1.29, 1.82) is 0 Å². The Hall–Kier alpha value is -2.10. The lowest BCUT2D eigenvalue weighted by atomic mass is 9.98. The van der Waals surface area contributed by atoms with E-state index in [0.717, 1.165) is 30.8 Å². The minimum atomic E-state index is 0.521. The van der Waals surface area contributed by atoms with Crippen LogP contribution in [0.1, 0.15) is 37.3 Å². The van der Waals surface area contributed by atoms with Crippen LogP contribution >= 0.6 is 0 Å². The molecule has 0 fully saturated rings. The van der Waals surface area contributed by atoms with E-state index in [1.165, 1.54) is 11.9 Å². The van der Waals surface area contributed by atoms with Gasteiger partial charge >= 0.3 is 0 Å². The Bertz CT molecular complexity index is 539. The quantitative estimate of drug-likeness (QED) is 0.846. The van der Waals surface area contributed by atoms with Gasteiger partial charge in [0.25, 0.3) is 0 Å². The molecule has 2 aromatic rings.